The van der Waals surface area contributed by atoms with Crippen LogP contribution in [0.4, 0.5) is 20.7 Å². The van der Waals surface area contributed by atoms with Crippen LogP contribution in [0.1, 0.15) is 16.2 Å². The lowest BCUT2D eigenvalue weighted by Crippen LogP contribution is -2.54. The fourth-order valence-electron chi connectivity index (χ4n) is 4.28. The Balaban J connectivity index is 1.29. The number of nitrogens with zero attached hydrogens (tertiary/aromatic N) is 4. The van der Waals surface area contributed by atoms with Crippen LogP contribution in [0.5, 0.6) is 11.5 Å². The fraction of sp³-hybridized carbons (Fsp3) is 0.185. The van der Waals surface area contributed by atoms with Gasteiger partial charge in [0.25, 0.3) is 5.91 Å². The van der Waals surface area contributed by atoms with E-state index in [9.17, 15) is 23.9 Å². The molecule has 1 saturated heterocycles. The van der Waals surface area contributed by atoms with Crippen LogP contribution in [0.3, 0.4) is 0 Å². The summed E-state index contributed by atoms with van der Waals surface area (Å²) in [5, 5.41) is 15.1. The summed E-state index contributed by atoms with van der Waals surface area (Å²) in [4.78, 5) is 43.6. The number of imidazole rings is 1. The van der Waals surface area contributed by atoms with Gasteiger partial charge in [-0.2, -0.15) is 0 Å². The number of carbonyl (C=O) groups is 2. The van der Waals surface area contributed by atoms with E-state index in [1.165, 1.54) is 51.5 Å². The van der Waals surface area contributed by atoms with Crippen molar-refractivity contribution in [2.45, 2.75) is 13.0 Å². The summed E-state index contributed by atoms with van der Waals surface area (Å²) in [6.07, 6.45) is 0.862. The van der Waals surface area contributed by atoms with Crippen LogP contribution in [0.2, 0.25) is 5.02 Å². The minimum Gasteiger partial charge on any atom is -0.454 e. The van der Waals surface area contributed by atoms with E-state index in [4.69, 9.17) is 16.3 Å². The highest BCUT2D eigenvalue weighted by Crippen LogP contribution is 2.28. The number of aromatic nitrogens is 3. The molecule has 0 bridgehead atoms. The smallest absolute Gasteiger partial charge is 0.333 e. The van der Waals surface area contributed by atoms with Gasteiger partial charge in [0.1, 0.15) is 17.3 Å². The van der Waals surface area contributed by atoms with Crippen LogP contribution in [0.15, 0.2) is 65.6 Å². The Bertz CT molecular complexity index is 1660. The third kappa shape index (κ3) is 5.40. The highest BCUT2D eigenvalue weighted by molar-refractivity contribution is 6.30. The second kappa shape index (κ2) is 10.8. The van der Waals surface area contributed by atoms with Gasteiger partial charge >= 0.3 is 11.7 Å². The average Bonchev–Trinajstić information content (AvgIpc) is 3.12. The van der Waals surface area contributed by atoms with Crippen LogP contribution >= 0.6 is 11.6 Å². The van der Waals surface area contributed by atoms with E-state index in [1.54, 1.807) is 31.2 Å². The Hall–Kier alpha value is -4.68. The molecule has 1 fully saturated rings. The Labute approximate surface area is 232 Å². The number of benzene rings is 2. The first-order valence-electron chi connectivity index (χ1n) is 12.1. The number of ether oxygens (including phenoxy) is 1. The minimum atomic E-state index is -0.751. The van der Waals surface area contributed by atoms with E-state index in [2.05, 4.69) is 15.6 Å². The zero-order valence-electron chi connectivity index (χ0n) is 21.4. The van der Waals surface area contributed by atoms with Crippen molar-refractivity contribution in [3.8, 4) is 17.2 Å². The van der Waals surface area contributed by atoms with Crippen molar-refractivity contribution < 1.29 is 23.8 Å². The van der Waals surface area contributed by atoms with E-state index in [-0.39, 0.29) is 41.8 Å². The first-order valence-corrected chi connectivity index (χ1v) is 12.5. The third-order valence-corrected chi connectivity index (χ3v) is 6.58. The highest BCUT2D eigenvalue weighted by Gasteiger charge is 2.29. The predicted octanol–water partition coefficient (Wildman–Crippen LogP) is 3.92. The first-order chi connectivity index (χ1) is 19.1. The van der Waals surface area contributed by atoms with Crippen molar-refractivity contribution in [2.24, 2.45) is 7.05 Å². The summed E-state index contributed by atoms with van der Waals surface area (Å²) in [6.45, 7) is 2.11. The van der Waals surface area contributed by atoms with Crippen LogP contribution in [0.25, 0.3) is 5.69 Å². The number of aliphatic hydroxyl groups excluding tert-OH is 1. The van der Waals surface area contributed by atoms with E-state index >= 15 is 0 Å². The van der Waals surface area contributed by atoms with Gasteiger partial charge in [-0.1, -0.05) is 11.6 Å². The summed E-state index contributed by atoms with van der Waals surface area (Å²) >= 11 is 5.95. The van der Waals surface area contributed by atoms with Gasteiger partial charge in [0.05, 0.1) is 30.6 Å². The molecule has 0 saturated carbocycles. The molecule has 0 unspecified atom stereocenters. The zero-order valence-corrected chi connectivity index (χ0v) is 22.1. The van der Waals surface area contributed by atoms with Gasteiger partial charge in [-0.05, 0) is 49.4 Å². The maximum atomic E-state index is 14.9. The molecule has 0 aliphatic carbocycles. The number of nitrogens with one attached hydrogen (secondary N) is 2. The summed E-state index contributed by atoms with van der Waals surface area (Å²) in [6, 6.07) is 13.0. The van der Waals surface area contributed by atoms with Crippen molar-refractivity contribution in [2.75, 3.05) is 23.7 Å². The van der Waals surface area contributed by atoms with E-state index in [1.807, 2.05) is 0 Å². The number of urea groups is 1. The summed E-state index contributed by atoms with van der Waals surface area (Å²) < 4.78 is 23.1. The van der Waals surface area contributed by atoms with Crippen LogP contribution < -0.4 is 21.1 Å². The molecule has 1 aliphatic rings. The second-order valence-electron chi connectivity index (χ2n) is 9.15. The fourth-order valence-corrected chi connectivity index (χ4v) is 4.41. The van der Waals surface area contributed by atoms with Gasteiger partial charge in [-0.25, -0.2) is 19.0 Å². The topological polar surface area (TPSA) is 131 Å². The number of hydrogen-bond donors (Lipinski definition) is 3. The maximum Gasteiger partial charge on any atom is 0.333 e. The summed E-state index contributed by atoms with van der Waals surface area (Å²) in [7, 11) is 1.48. The van der Waals surface area contributed by atoms with Gasteiger partial charge in [0.2, 0.25) is 0 Å². The quantitative estimate of drug-likeness (QED) is 0.324. The molecule has 3 amide bonds. The Kier molecular flexibility index (Phi) is 7.28. The lowest BCUT2D eigenvalue weighted by molar-refractivity contribution is 0.0308. The SMILES string of the molecule is Cc1c(C(=O)Nc2ccc(Oc3ccnc(NC(=O)N4CC(O)C4)c3)c(F)c2)n(C)c(=O)n1-c1ccc(Cl)cc1. The minimum absolute atomic E-state index is 0.111. The number of halogens is 2. The van der Waals surface area contributed by atoms with Crippen molar-refractivity contribution in [3.05, 3.63) is 93.5 Å². The van der Waals surface area contributed by atoms with Gasteiger partial charge in [0, 0.05) is 36.1 Å². The number of β-amino-alcohol motifs (C(OH)–C–C–N with tert-alkyl or cyclic N) is 1. The lowest BCUT2D eigenvalue weighted by atomic mass is 10.2. The van der Waals surface area contributed by atoms with Crippen molar-refractivity contribution in [3.63, 3.8) is 0 Å². The largest absolute Gasteiger partial charge is 0.454 e. The van der Waals surface area contributed by atoms with Crippen molar-refractivity contribution in [1.82, 2.24) is 19.0 Å². The number of aliphatic hydroxyl groups is 1. The second-order valence-corrected chi connectivity index (χ2v) is 9.59. The average molecular weight is 567 g/mol. The number of amides is 3. The molecule has 3 heterocycles. The molecule has 40 heavy (non-hydrogen) atoms. The number of likely N-dealkylation sites (tertiary alicyclic amines) is 1. The molecule has 2 aromatic heterocycles. The van der Waals surface area contributed by atoms with E-state index in [0.29, 0.717) is 16.4 Å². The van der Waals surface area contributed by atoms with Gasteiger partial charge in [-0.15, -0.1) is 0 Å². The van der Waals surface area contributed by atoms with Crippen LogP contribution in [0, 0.1) is 12.7 Å². The number of anilines is 2. The number of hydrogen-bond acceptors (Lipinski definition) is 6. The Morgan fingerprint density at radius 3 is 2.50 bits per heavy atom. The van der Waals surface area contributed by atoms with Gasteiger partial charge in [-0.3, -0.25) is 19.2 Å². The molecule has 0 atom stereocenters. The monoisotopic (exact) mass is 566 g/mol. The predicted molar refractivity (Wildman–Crippen MR) is 146 cm³/mol. The molecule has 0 radical (unpaired) electrons. The molecule has 5 rings (SSSR count). The number of rotatable bonds is 6. The Morgan fingerprint density at radius 2 is 1.82 bits per heavy atom. The van der Waals surface area contributed by atoms with Gasteiger partial charge in [0.15, 0.2) is 11.6 Å². The normalized spacial score (nSPS) is 13.1. The van der Waals surface area contributed by atoms with Crippen LogP contribution in [-0.4, -0.2) is 55.3 Å². The van der Waals surface area contributed by atoms with Crippen LogP contribution in [-0.2, 0) is 7.05 Å². The Morgan fingerprint density at radius 1 is 1.10 bits per heavy atom. The maximum absolute atomic E-state index is 14.9. The number of carbonyl (C=O) groups excluding carboxylic acids is 2. The van der Waals surface area contributed by atoms with E-state index in [0.717, 1.165) is 6.07 Å². The molecule has 0 spiro atoms. The lowest BCUT2D eigenvalue weighted by Gasteiger charge is -2.35. The molecule has 2 aromatic carbocycles. The standard InChI is InChI=1S/C27H24ClFN6O5/c1-15-24(33(2)27(39)35(15)18-6-3-16(28)4-7-18)25(37)31-17-5-8-22(21(29)11-17)40-20-9-10-30-23(12-20)32-26(38)34-13-19(36)14-34/h3-12,19,36H,13-14H2,1-2H3,(H,31,37)(H,30,32,38). The molecule has 11 nitrogen and oxygen atoms in total. The summed E-state index contributed by atoms with van der Waals surface area (Å²) in [5.41, 5.74) is 0.793. The van der Waals surface area contributed by atoms with Crippen molar-refractivity contribution >= 4 is 35.0 Å². The number of pyridine rings is 1. The molecule has 4 aromatic rings. The molecule has 206 valence electrons. The van der Waals surface area contributed by atoms with E-state index < -0.39 is 29.5 Å². The zero-order chi connectivity index (χ0) is 28.6. The summed E-state index contributed by atoms with van der Waals surface area (Å²) in [5.74, 6) is -1.05. The molecule has 1 aliphatic heterocycles. The van der Waals surface area contributed by atoms with Gasteiger partial charge < -0.3 is 20.1 Å². The third-order valence-electron chi connectivity index (χ3n) is 6.33. The molecule has 3 N–H and O–H groups in total. The van der Waals surface area contributed by atoms with Crippen molar-refractivity contribution in [1.29, 1.82) is 0 Å². The molecular weight excluding hydrogens is 543 g/mol. The highest BCUT2D eigenvalue weighted by atomic mass is 35.5. The molecular formula is C27H24ClFN6O5. The molecule has 13 heteroatoms. The first kappa shape index (κ1) is 26.9.